The van der Waals surface area contributed by atoms with Crippen molar-refractivity contribution in [2.24, 2.45) is 0 Å². The molecule has 1 heterocycles. The Morgan fingerprint density at radius 3 is 2.52 bits per heavy atom. The molecule has 0 atom stereocenters. The lowest BCUT2D eigenvalue weighted by atomic mass is 10.1. The zero-order valence-electron chi connectivity index (χ0n) is 15.5. The fraction of sp³-hybridized carbons (Fsp3) is 0.300. The minimum absolute atomic E-state index is 0.461. The fourth-order valence-corrected chi connectivity index (χ4v) is 3.17. The topological polar surface area (TPSA) is 70.1 Å². The molecule has 3 rings (SSSR count). The number of carbonyl (C=O) groups is 1. The summed E-state index contributed by atoms with van der Waals surface area (Å²) in [5.41, 5.74) is 2.41. The molecule has 0 aliphatic carbocycles. The van der Waals surface area contributed by atoms with Gasteiger partial charge in [-0.1, -0.05) is 31.5 Å². The fourth-order valence-electron chi connectivity index (χ4n) is 3.05. The molecular weight excluding hydrogens is 364 g/mol. The first-order valence-corrected chi connectivity index (χ1v) is 9.42. The summed E-state index contributed by atoms with van der Waals surface area (Å²) < 4.78 is 1.13. The lowest BCUT2D eigenvalue weighted by molar-refractivity contribution is 0.253. The minimum atomic E-state index is -0.505. The van der Waals surface area contributed by atoms with Crippen molar-refractivity contribution in [3.8, 4) is 0 Å². The number of nitrogens with one attached hydrogen (secondary N) is 2. The van der Waals surface area contributed by atoms with Crippen molar-refractivity contribution < 1.29 is 4.79 Å². The van der Waals surface area contributed by atoms with Gasteiger partial charge in [0.1, 0.15) is 0 Å². The molecule has 3 aromatic rings. The molecule has 2 aromatic carbocycles. The van der Waals surface area contributed by atoms with Crippen LogP contribution in [0.25, 0.3) is 11.0 Å². The van der Waals surface area contributed by atoms with Crippen molar-refractivity contribution in [1.29, 1.82) is 0 Å². The number of H-pyrrole nitrogens is 1. The van der Waals surface area contributed by atoms with E-state index in [1.165, 1.54) is 0 Å². The van der Waals surface area contributed by atoms with E-state index in [2.05, 4.69) is 29.0 Å². The van der Waals surface area contributed by atoms with Gasteiger partial charge in [0.2, 0.25) is 0 Å². The molecule has 2 N–H and O–H groups in total. The van der Waals surface area contributed by atoms with Crippen LogP contribution in [0.2, 0.25) is 5.02 Å². The summed E-state index contributed by atoms with van der Waals surface area (Å²) in [4.78, 5) is 30.0. The first-order chi connectivity index (χ1) is 13.0. The summed E-state index contributed by atoms with van der Waals surface area (Å²) in [5, 5.41) is 3.31. The molecule has 142 valence electrons. The van der Waals surface area contributed by atoms with Gasteiger partial charge in [-0.15, -0.1) is 0 Å². The molecule has 1 aromatic heterocycles. The molecule has 1 amide bonds. The maximum atomic E-state index is 12.7. The van der Waals surface area contributed by atoms with E-state index in [0.29, 0.717) is 21.7 Å². The van der Waals surface area contributed by atoms with Crippen molar-refractivity contribution in [3.63, 3.8) is 0 Å². The highest BCUT2D eigenvalue weighted by Gasteiger charge is 2.15. The second-order valence-electron chi connectivity index (χ2n) is 6.33. The minimum Gasteiger partial charge on any atom is -0.307 e. The molecule has 0 unspecified atom stereocenters. The summed E-state index contributed by atoms with van der Waals surface area (Å²) in [5.74, 6) is 0. The van der Waals surface area contributed by atoms with Crippen LogP contribution >= 0.6 is 11.6 Å². The van der Waals surface area contributed by atoms with Crippen LogP contribution in [0.5, 0.6) is 0 Å². The number of nitrogens with zero attached hydrogens (tertiary/aromatic N) is 2. The van der Waals surface area contributed by atoms with E-state index < -0.39 is 11.7 Å². The molecule has 0 aliphatic heterocycles. The van der Waals surface area contributed by atoms with Gasteiger partial charge in [-0.3, -0.25) is 0 Å². The molecule has 0 bridgehead atoms. The molecule has 0 saturated carbocycles. The number of fused-ring (bicyclic) bond motifs is 1. The van der Waals surface area contributed by atoms with E-state index in [1.807, 2.05) is 18.2 Å². The van der Waals surface area contributed by atoms with Crippen LogP contribution in [0.4, 0.5) is 10.5 Å². The summed E-state index contributed by atoms with van der Waals surface area (Å²) in [6.07, 6.45) is 0.857. The Labute approximate surface area is 162 Å². The van der Waals surface area contributed by atoms with Gasteiger partial charge in [0.25, 0.3) is 0 Å². The zero-order chi connectivity index (χ0) is 19.4. The Kier molecular flexibility index (Phi) is 5.98. The van der Waals surface area contributed by atoms with E-state index in [-0.39, 0.29) is 0 Å². The van der Waals surface area contributed by atoms with Crippen molar-refractivity contribution in [2.75, 3.05) is 25.0 Å². The van der Waals surface area contributed by atoms with Crippen molar-refractivity contribution in [3.05, 3.63) is 63.5 Å². The van der Waals surface area contributed by atoms with Crippen LogP contribution in [0.15, 0.2) is 47.3 Å². The van der Waals surface area contributed by atoms with Gasteiger partial charge >= 0.3 is 11.7 Å². The number of carbonyl (C=O) groups excluding carboxylic acids is 1. The van der Waals surface area contributed by atoms with Gasteiger partial charge in [-0.05, 0) is 61.5 Å². The van der Waals surface area contributed by atoms with Crippen molar-refractivity contribution >= 4 is 34.4 Å². The first-order valence-electron chi connectivity index (χ1n) is 9.04. The lowest BCUT2D eigenvalue weighted by Gasteiger charge is -2.17. The van der Waals surface area contributed by atoms with Crippen LogP contribution < -0.4 is 11.0 Å². The molecule has 6 nitrogen and oxygen atoms in total. The van der Waals surface area contributed by atoms with Crippen LogP contribution in [0.1, 0.15) is 19.4 Å². The average Bonchev–Trinajstić information content (AvgIpc) is 2.99. The summed E-state index contributed by atoms with van der Waals surface area (Å²) >= 11 is 5.87. The van der Waals surface area contributed by atoms with E-state index in [9.17, 15) is 9.59 Å². The highest BCUT2D eigenvalue weighted by molar-refractivity contribution is 6.30. The number of aromatic nitrogens is 2. The third-order valence-corrected chi connectivity index (χ3v) is 4.91. The second kappa shape index (κ2) is 8.41. The average molecular weight is 387 g/mol. The summed E-state index contributed by atoms with van der Waals surface area (Å²) in [6.45, 7) is 7.20. The molecule has 0 fully saturated rings. The summed E-state index contributed by atoms with van der Waals surface area (Å²) in [6, 6.07) is 12.0. The maximum absolute atomic E-state index is 12.7. The number of anilines is 1. The van der Waals surface area contributed by atoms with Crippen molar-refractivity contribution in [1.82, 2.24) is 14.5 Å². The van der Waals surface area contributed by atoms with Gasteiger partial charge in [0.15, 0.2) is 0 Å². The number of halogens is 1. The van der Waals surface area contributed by atoms with Crippen LogP contribution in [0, 0.1) is 0 Å². The monoisotopic (exact) mass is 386 g/mol. The van der Waals surface area contributed by atoms with Gasteiger partial charge in [-0.25, -0.2) is 14.2 Å². The Morgan fingerprint density at radius 1 is 1.15 bits per heavy atom. The van der Waals surface area contributed by atoms with Crippen molar-refractivity contribution in [2.45, 2.75) is 20.3 Å². The Balaban J connectivity index is 1.86. The number of aromatic amines is 1. The Hall–Kier alpha value is -2.57. The normalized spacial score (nSPS) is 11.3. The highest BCUT2D eigenvalue weighted by atomic mass is 35.5. The van der Waals surface area contributed by atoms with Crippen LogP contribution in [-0.4, -0.2) is 40.1 Å². The maximum Gasteiger partial charge on any atom is 0.334 e. The lowest BCUT2D eigenvalue weighted by Crippen LogP contribution is -2.29. The largest absolute Gasteiger partial charge is 0.334 e. The van der Waals surface area contributed by atoms with E-state index >= 15 is 0 Å². The number of imidazole rings is 1. The SMILES string of the molecule is CCN(CC)CCc1ccc2[nH]c(=O)n(C(=O)Nc3ccc(Cl)cc3)c2c1. The quantitative estimate of drug-likeness (QED) is 0.674. The molecule has 0 aliphatic rings. The van der Waals surface area contributed by atoms with E-state index in [0.717, 1.165) is 36.2 Å². The molecule has 0 radical (unpaired) electrons. The first kappa shape index (κ1) is 19.2. The number of hydrogen-bond donors (Lipinski definition) is 2. The molecule has 27 heavy (non-hydrogen) atoms. The number of benzene rings is 2. The molecule has 7 heteroatoms. The third kappa shape index (κ3) is 4.40. The van der Waals surface area contributed by atoms with Gasteiger partial charge in [0, 0.05) is 17.3 Å². The summed E-state index contributed by atoms with van der Waals surface area (Å²) in [7, 11) is 0. The smallest absolute Gasteiger partial charge is 0.307 e. The second-order valence-corrected chi connectivity index (χ2v) is 6.77. The van der Waals surface area contributed by atoms with Gasteiger partial charge in [-0.2, -0.15) is 0 Å². The molecule has 0 saturated heterocycles. The number of hydrogen-bond acceptors (Lipinski definition) is 3. The van der Waals surface area contributed by atoms with Gasteiger partial charge < -0.3 is 15.2 Å². The number of rotatable bonds is 6. The third-order valence-electron chi connectivity index (χ3n) is 4.66. The number of likely N-dealkylation sites (N-methyl/N-ethyl adjacent to an activating group) is 1. The Morgan fingerprint density at radius 2 is 1.85 bits per heavy atom. The highest BCUT2D eigenvalue weighted by Crippen LogP contribution is 2.16. The molecule has 0 spiro atoms. The predicted octanol–water partition coefficient (Wildman–Crippen LogP) is 3.95. The number of amides is 1. The Bertz CT molecular complexity index is 987. The van der Waals surface area contributed by atoms with E-state index in [4.69, 9.17) is 11.6 Å². The van der Waals surface area contributed by atoms with Gasteiger partial charge in [0.05, 0.1) is 11.0 Å². The predicted molar refractivity (Wildman–Crippen MR) is 110 cm³/mol. The van der Waals surface area contributed by atoms with E-state index in [1.54, 1.807) is 24.3 Å². The zero-order valence-corrected chi connectivity index (χ0v) is 16.2. The standard InChI is InChI=1S/C20H23ClN4O2/c1-3-24(4-2)12-11-14-5-10-17-18(13-14)25(20(27)23-17)19(26)22-16-8-6-15(21)7-9-16/h5-10,13H,3-4,11-12H2,1-2H3,(H,22,26)(H,23,27). The van der Waals surface area contributed by atoms with Crippen LogP contribution in [-0.2, 0) is 6.42 Å². The molecular formula is C20H23ClN4O2. The van der Waals surface area contributed by atoms with Crippen LogP contribution in [0.3, 0.4) is 0 Å².